The zero-order chi connectivity index (χ0) is 10.8. The average Bonchev–Trinajstić information content (AvgIpc) is 2.13. The molecule has 0 aliphatic carbocycles. The third kappa shape index (κ3) is 8.44. The summed E-state index contributed by atoms with van der Waals surface area (Å²) in [5, 5.41) is 12.4. The van der Waals surface area contributed by atoms with Crippen LogP contribution in [-0.2, 0) is 0 Å². The molecule has 0 aliphatic rings. The normalized spacial score (nSPS) is 13.5. The van der Waals surface area contributed by atoms with Crippen molar-refractivity contribution >= 4 is 0 Å². The largest absolute Gasteiger partial charge is 0.392 e. The van der Waals surface area contributed by atoms with Gasteiger partial charge in [0.05, 0.1) is 6.10 Å². The number of nitrogens with one attached hydrogen (secondary N) is 1. The first-order valence-electron chi connectivity index (χ1n) is 5.45. The maximum Gasteiger partial charge on any atom is 0.0639 e. The number of nitrogens with zero attached hydrogens (tertiary/aromatic N) is 1. The molecule has 0 bridgehead atoms. The number of rotatable bonds is 9. The van der Waals surface area contributed by atoms with Gasteiger partial charge in [-0.3, -0.25) is 0 Å². The van der Waals surface area contributed by atoms with Crippen LogP contribution in [0, 0.1) is 0 Å². The van der Waals surface area contributed by atoms with Crippen LogP contribution in [0.3, 0.4) is 0 Å². The van der Waals surface area contributed by atoms with E-state index in [-0.39, 0.29) is 6.10 Å². The number of hydrogen-bond acceptors (Lipinski definition) is 4. The van der Waals surface area contributed by atoms with Crippen molar-refractivity contribution in [3.8, 4) is 0 Å². The van der Waals surface area contributed by atoms with Gasteiger partial charge in [-0.2, -0.15) is 0 Å². The van der Waals surface area contributed by atoms with Crippen molar-refractivity contribution in [1.82, 2.24) is 10.2 Å². The van der Waals surface area contributed by atoms with E-state index in [2.05, 4.69) is 10.2 Å². The van der Waals surface area contributed by atoms with Gasteiger partial charge in [0.2, 0.25) is 0 Å². The van der Waals surface area contributed by atoms with Gasteiger partial charge >= 0.3 is 0 Å². The molecule has 1 unspecified atom stereocenters. The van der Waals surface area contributed by atoms with Gasteiger partial charge in [-0.15, -0.1) is 0 Å². The highest BCUT2D eigenvalue weighted by molar-refractivity contribution is 4.62. The molecule has 0 aromatic rings. The van der Waals surface area contributed by atoms with E-state index in [9.17, 15) is 5.11 Å². The Morgan fingerprint density at radius 1 is 1.36 bits per heavy atom. The van der Waals surface area contributed by atoms with E-state index < -0.39 is 0 Å². The van der Waals surface area contributed by atoms with Crippen LogP contribution in [0.2, 0.25) is 0 Å². The van der Waals surface area contributed by atoms with Crippen molar-refractivity contribution in [3.63, 3.8) is 0 Å². The Kier molecular flexibility index (Phi) is 9.29. The van der Waals surface area contributed by atoms with Gasteiger partial charge in [-0.25, -0.2) is 0 Å². The first-order valence-corrected chi connectivity index (χ1v) is 5.45. The molecule has 0 saturated heterocycles. The summed E-state index contributed by atoms with van der Waals surface area (Å²) < 4.78 is 0. The van der Waals surface area contributed by atoms with Crippen LogP contribution in [0.15, 0.2) is 0 Å². The minimum Gasteiger partial charge on any atom is -0.392 e. The van der Waals surface area contributed by atoms with Crippen LogP contribution in [0.4, 0.5) is 0 Å². The zero-order valence-corrected chi connectivity index (χ0v) is 9.50. The molecule has 0 saturated carbocycles. The van der Waals surface area contributed by atoms with Crippen molar-refractivity contribution in [2.24, 2.45) is 5.73 Å². The predicted molar refractivity (Wildman–Crippen MR) is 60.3 cm³/mol. The molecule has 0 aliphatic heterocycles. The molecule has 0 aromatic carbocycles. The molecule has 4 nitrogen and oxygen atoms in total. The molecule has 4 heteroatoms. The van der Waals surface area contributed by atoms with Gasteiger partial charge in [-0.05, 0) is 53.0 Å². The summed E-state index contributed by atoms with van der Waals surface area (Å²) in [6, 6.07) is 0. The Morgan fingerprint density at radius 2 is 2.00 bits per heavy atom. The standard InChI is InChI=1S/C10H25N3O/c1-10(14)9-13(7-3-5-11)8-4-6-12-2/h10,12,14H,3-9,11H2,1-2H3. The van der Waals surface area contributed by atoms with Gasteiger partial charge in [0.25, 0.3) is 0 Å². The van der Waals surface area contributed by atoms with Crippen LogP contribution in [-0.4, -0.2) is 55.9 Å². The first-order chi connectivity index (χ1) is 6.70. The highest BCUT2D eigenvalue weighted by Crippen LogP contribution is 1.96. The second kappa shape index (κ2) is 9.40. The summed E-state index contributed by atoms with van der Waals surface area (Å²) >= 11 is 0. The Hall–Kier alpha value is -0.160. The Balaban J connectivity index is 3.61. The molecule has 14 heavy (non-hydrogen) atoms. The van der Waals surface area contributed by atoms with Gasteiger partial charge in [0.15, 0.2) is 0 Å². The van der Waals surface area contributed by atoms with Gasteiger partial charge in [0.1, 0.15) is 0 Å². The number of nitrogens with two attached hydrogens (primary N) is 1. The number of hydrogen-bond donors (Lipinski definition) is 3. The Bertz CT molecular complexity index is 120. The molecule has 0 amide bonds. The van der Waals surface area contributed by atoms with E-state index in [4.69, 9.17) is 5.73 Å². The highest BCUT2D eigenvalue weighted by atomic mass is 16.3. The Morgan fingerprint density at radius 3 is 2.50 bits per heavy atom. The van der Waals surface area contributed by atoms with Gasteiger partial charge < -0.3 is 21.1 Å². The molecule has 0 aromatic heterocycles. The molecule has 4 N–H and O–H groups in total. The lowest BCUT2D eigenvalue weighted by Crippen LogP contribution is -2.34. The topological polar surface area (TPSA) is 61.5 Å². The van der Waals surface area contributed by atoms with E-state index in [1.54, 1.807) is 0 Å². The van der Waals surface area contributed by atoms with Crippen molar-refractivity contribution in [2.45, 2.75) is 25.9 Å². The third-order valence-corrected chi connectivity index (χ3v) is 2.10. The van der Waals surface area contributed by atoms with Gasteiger partial charge in [0, 0.05) is 6.54 Å². The van der Waals surface area contributed by atoms with E-state index in [1.807, 2.05) is 14.0 Å². The number of aliphatic hydroxyl groups excluding tert-OH is 1. The monoisotopic (exact) mass is 203 g/mol. The summed E-state index contributed by atoms with van der Waals surface area (Å²) in [4.78, 5) is 2.27. The van der Waals surface area contributed by atoms with Crippen molar-refractivity contribution in [2.75, 3.05) is 39.8 Å². The van der Waals surface area contributed by atoms with Crippen LogP contribution < -0.4 is 11.1 Å². The minimum atomic E-state index is -0.248. The van der Waals surface area contributed by atoms with Gasteiger partial charge in [-0.1, -0.05) is 0 Å². The lowest BCUT2D eigenvalue weighted by atomic mass is 10.3. The lowest BCUT2D eigenvalue weighted by Gasteiger charge is -2.23. The van der Waals surface area contributed by atoms with E-state index in [1.165, 1.54) is 0 Å². The second-order valence-corrected chi connectivity index (χ2v) is 3.75. The fraction of sp³-hybridized carbons (Fsp3) is 1.00. The fourth-order valence-corrected chi connectivity index (χ4v) is 1.46. The molecule has 0 rings (SSSR count). The Labute approximate surface area is 87.5 Å². The summed E-state index contributed by atoms with van der Waals surface area (Å²) in [6.07, 6.45) is 1.88. The molecular weight excluding hydrogens is 178 g/mol. The molecule has 0 heterocycles. The average molecular weight is 203 g/mol. The molecule has 0 spiro atoms. The summed E-state index contributed by atoms with van der Waals surface area (Å²) in [5.41, 5.74) is 5.46. The van der Waals surface area contributed by atoms with Crippen LogP contribution in [0.25, 0.3) is 0 Å². The smallest absolute Gasteiger partial charge is 0.0639 e. The van der Waals surface area contributed by atoms with Crippen LogP contribution in [0.1, 0.15) is 19.8 Å². The van der Waals surface area contributed by atoms with Crippen LogP contribution in [0.5, 0.6) is 0 Å². The quantitative estimate of drug-likeness (QED) is 0.447. The maximum absolute atomic E-state index is 9.29. The predicted octanol–water partition coefficient (Wildman–Crippen LogP) is -0.372. The summed E-state index contributed by atoms with van der Waals surface area (Å²) in [5.74, 6) is 0. The SMILES string of the molecule is CNCCCN(CCCN)CC(C)O. The second-order valence-electron chi connectivity index (χ2n) is 3.75. The third-order valence-electron chi connectivity index (χ3n) is 2.10. The van der Waals surface area contributed by atoms with Crippen molar-refractivity contribution in [3.05, 3.63) is 0 Å². The molecule has 0 radical (unpaired) electrons. The van der Waals surface area contributed by atoms with E-state index in [0.717, 1.165) is 45.6 Å². The zero-order valence-electron chi connectivity index (χ0n) is 9.50. The highest BCUT2D eigenvalue weighted by Gasteiger charge is 2.06. The van der Waals surface area contributed by atoms with Crippen molar-refractivity contribution < 1.29 is 5.11 Å². The number of aliphatic hydroxyl groups is 1. The van der Waals surface area contributed by atoms with Crippen LogP contribution >= 0.6 is 0 Å². The van der Waals surface area contributed by atoms with E-state index in [0.29, 0.717) is 0 Å². The fourth-order valence-electron chi connectivity index (χ4n) is 1.46. The molecule has 0 fully saturated rings. The summed E-state index contributed by atoms with van der Waals surface area (Å²) in [7, 11) is 1.96. The first kappa shape index (κ1) is 13.8. The molecule has 86 valence electrons. The van der Waals surface area contributed by atoms with Crippen molar-refractivity contribution in [1.29, 1.82) is 0 Å². The maximum atomic E-state index is 9.29. The molecular formula is C10H25N3O. The molecule has 1 atom stereocenters. The minimum absolute atomic E-state index is 0.248. The van der Waals surface area contributed by atoms with E-state index >= 15 is 0 Å². The lowest BCUT2D eigenvalue weighted by molar-refractivity contribution is 0.125. The summed E-state index contributed by atoms with van der Waals surface area (Å²) in [6.45, 7) is 6.36.